The molecular weight excluding hydrogens is 352 g/mol. The molecule has 6 nitrogen and oxygen atoms in total. The van der Waals surface area contributed by atoms with E-state index in [1.807, 2.05) is 48.5 Å². The molecule has 132 valence electrons. The zero-order valence-corrected chi connectivity index (χ0v) is 14.6. The number of fused-ring (bicyclic) bond motifs is 2. The van der Waals surface area contributed by atoms with Crippen LogP contribution in [0.1, 0.15) is 12.8 Å². The fraction of sp³-hybridized carbons (Fsp3) is 0.211. The van der Waals surface area contributed by atoms with Gasteiger partial charge in [0.2, 0.25) is 5.91 Å². The van der Waals surface area contributed by atoms with Gasteiger partial charge in [-0.05, 0) is 30.7 Å². The van der Waals surface area contributed by atoms with Gasteiger partial charge in [-0.25, -0.2) is 4.79 Å². The Kier molecular flexibility index (Phi) is 4.38. The smallest absolute Gasteiger partial charge is 0.329 e. The molecule has 1 saturated heterocycles. The molecule has 1 N–H and O–H groups in total. The molecule has 2 aromatic rings. The third-order valence-corrected chi connectivity index (χ3v) is 5.43. The van der Waals surface area contributed by atoms with Crippen molar-refractivity contribution < 1.29 is 19.1 Å². The summed E-state index contributed by atoms with van der Waals surface area (Å²) in [5.41, 5.74) is 1.54. The first-order chi connectivity index (χ1) is 12.6. The zero-order chi connectivity index (χ0) is 18.1. The van der Waals surface area contributed by atoms with Crippen molar-refractivity contribution in [1.82, 2.24) is 5.32 Å². The molecule has 2 aliphatic heterocycles. The minimum absolute atomic E-state index is 0.172. The number of nitrogens with zero attached hydrogens (tertiary/aromatic N) is 1. The molecule has 1 unspecified atom stereocenters. The average molecular weight is 368 g/mol. The van der Waals surface area contributed by atoms with E-state index in [0.717, 1.165) is 21.2 Å². The van der Waals surface area contributed by atoms with E-state index in [-0.39, 0.29) is 18.4 Å². The molecule has 0 aliphatic carbocycles. The average Bonchev–Trinajstić information content (AvgIpc) is 3.10. The topological polar surface area (TPSA) is 75.7 Å². The maximum Gasteiger partial charge on any atom is 0.329 e. The Hall–Kier alpha value is -2.80. The Morgan fingerprint density at radius 3 is 2.27 bits per heavy atom. The lowest BCUT2D eigenvalue weighted by atomic mass is 10.2. The van der Waals surface area contributed by atoms with Crippen molar-refractivity contribution in [2.24, 2.45) is 0 Å². The molecule has 2 aromatic carbocycles. The van der Waals surface area contributed by atoms with Gasteiger partial charge in [-0.15, -0.1) is 0 Å². The van der Waals surface area contributed by atoms with Gasteiger partial charge in [-0.3, -0.25) is 14.5 Å². The van der Waals surface area contributed by atoms with E-state index in [0.29, 0.717) is 12.8 Å². The Morgan fingerprint density at radius 2 is 1.69 bits per heavy atom. The lowest BCUT2D eigenvalue weighted by Crippen LogP contribution is -2.38. The highest BCUT2D eigenvalue weighted by Gasteiger charge is 2.31. The first-order valence-corrected chi connectivity index (χ1v) is 9.10. The third kappa shape index (κ3) is 3.06. The summed E-state index contributed by atoms with van der Waals surface area (Å²) in [6.07, 6.45) is 0.704. The molecule has 2 heterocycles. The summed E-state index contributed by atoms with van der Waals surface area (Å²) in [5, 5.41) is 2.55. The number of nitrogens with one attached hydrogen (secondary N) is 1. The van der Waals surface area contributed by atoms with Crippen LogP contribution in [0.5, 0.6) is 0 Å². The van der Waals surface area contributed by atoms with E-state index >= 15 is 0 Å². The van der Waals surface area contributed by atoms with Crippen molar-refractivity contribution >= 4 is 40.9 Å². The molecule has 0 radical (unpaired) electrons. The van der Waals surface area contributed by atoms with Gasteiger partial charge >= 0.3 is 5.97 Å². The van der Waals surface area contributed by atoms with E-state index in [2.05, 4.69) is 5.32 Å². The maximum absolute atomic E-state index is 12.9. The molecule has 0 spiro atoms. The molecular formula is C19H16N2O4S. The molecule has 1 fully saturated rings. The summed E-state index contributed by atoms with van der Waals surface area (Å²) in [6.45, 7) is -0.376. The van der Waals surface area contributed by atoms with Crippen LogP contribution in [0.4, 0.5) is 11.4 Å². The van der Waals surface area contributed by atoms with Crippen LogP contribution in [-0.2, 0) is 19.1 Å². The predicted molar refractivity (Wildman–Crippen MR) is 96.3 cm³/mol. The van der Waals surface area contributed by atoms with Crippen molar-refractivity contribution in [3.8, 4) is 0 Å². The number of anilines is 2. The number of ether oxygens (including phenoxy) is 1. The predicted octanol–water partition coefficient (Wildman–Crippen LogP) is 2.64. The van der Waals surface area contributed by atoms with E-state index < -0.39 is 12.0 Å². The van der Waals surface area contributed by atoms with Gasteiger partial charge in [0.15, 0.2) is 6.61 Å². The lowest BCUT2D eigenvalue weighted by Gasteiger charge is -2.30. The highest BCUT2D eigenvalue weighted by Crippen LogP contribution is 2.47. The summed E-state index contributed by atoms with van der Waals surface area (Å²) in [7, 11) is 0. The van der Waals surface area contributed by atoms with Crippen LogP contribution in [0.2, 0.25) is 0 Å². The van der Waals surface area contributed by atoms with Crippen molar-refractivity contribution in [3.63, 3.8) is 0 Å². The van der Waals surface area contributed by atoms with Gasteiger partial charge in [0.25, 0.3) is 5.91 Å². The largest absolute Gasteiger partial charge is 0.454 e. The molecule has 26 heavy (non-hydrogen) atoms. The molecule has 7 heteroatoms. The van der Waals surface area contributed by atoms with E-state index in [9.17, 15) is 14.4 Å². The van der Waals surface area contributed by atoms with E-state index in [4.69, 9.17) is 4.74 Å². The number of hydrogen-bond donors (Lipinski definition) is 1. The normalized spacial score (nSPS) is 17.9. The quantitative estimate of drug-likeness (QED) is 0.843. The fourth-order valence-corrected chi connectivity index (χ4v) is 4.12. The Bertz CT molecular complexity index is 853. The van der Waals surface area contributed by atoms with Crippen molar-refractivity contribution in [1.29, 1.82) is 0 Å². The Morgan fingerprint density at radius 1 is 1.08 bits per heavy atom. The number of amides is 2. The fourth-order valence-electron chi connectivity index (χ4n) is 3.06. The SMILES string of the molecule is O=C1CCC(C(=O)OCC(=O)N2c3ccccc3Sc3ccccc32)N1. The molecule has 2 amide bonds. The number of para-hydroxylation sites is 2. The van der Waals surface area contributed by atoms with Gasteiger partial charge in [-0.1, -0.05) is 36.0 Å². The number of rotatable bonds is 3. The standard InChI is InChI=1S/C19H16N2O4S/c22-17-10-9-12(20-17)19(24)25-11-18(23)21-13-5-1-3-7-15(13)26-16-8-4-2-6-14(16)21/h1-8,12H,9-11H2,(H,20,22). The number of carbonyl (C=O) groups is 3. The van der Waals surface area contributed by atoms with Gasteiger partial charge in [0.1, 0.15) is 6.04 Å². The molecule has 4 rings (SSSR count). The minimum Gasteiger partial charge on any atom is -0.454 e. The lowest BCUT2D eigenvalue weighted by molar-refractivity contribution is -0.149. The zero-order valence-electron chi connectivity index (χ0n) is 13.8. The highest BCUT2D eigenvalue weighted by atomic mass is 32.2. The second-order valence-corrected chi connectivity index (χ2v) is 7.12. The van der Waals surface area contributed by atoms with Crippen LogP contribution >= 0.6 is 11.8 Å². The van der Waals surface area contributed by atoms with Crippen molar-refractivity contribution in [2.75, 3.05) is 11.5 Å². The molecule has 2 aliphatic rings. The first kappa shape index (κ1) is 16.7. The Balaban J connectivity index is 1.54. The molecule has 0 bridgehead atoms. The van der Waals surface area contributed by atoms with Gasteiger partial charge < -0.3 is 10.1 Å². The van der Waals surface area contributed by atoms with Gasteiger partial charge in [-0.2, -0.15) is 0 Å². The monoisotopic (exact) mass is 368 g/mol. The van der Waals surface area contributed by atoms with E-state index in [1.165, 1.54) is 0 Å². The van der Waals surface area contributed by atoms with Gasteiger partial charge in [0, 0.05) is 16.2 Å². The summed E-state index contributed by atoms with van der Waals surface area (Å²) in [6, 6.07) is 14.6. The number of hydrogen-bond acceptors (Lipinski definition) is 5. The maximum atomic E-state index is 12.9. The summed E-state index contributed by atoms with van der Waals surface area (Å²) in [5.74, 6) is -1.07. The molecule has 0 saturated carbocycles. The third-order valence-electron chi connectivity index (χ3n) is 4.30. The molecule has 1 atom stereocenters. The number of benzene rings is 2. The highest BCUT2D eigenvalue weighted by molar-refractivity contribution is 7.99. The first-order valence-electron chi connectivity index (χ1n) is 8.28. The van der Waals surface area contributed by atoms with Crippen molar-refractivity contribution in [3.05, 3.63) is 48.5 Å². The van der Waals surface area contributed by atoms with Crippen LogP contribution in [0.15, 0.2) is 58.3 Å². The van der Waals surface area contributed by atoms with Crippen LogP contribution in [-0.4, -0.2) is 30.4 Å². The minimum atomic E-state index is -0.660. The van der Waals surface area contributed by atoms with Crippen LogP contribution in [0.3, 0.4) is 0 Å². The van der Waals surface area contributed by atoms with Crippen molar-refractivity contribution in [2.45, 2.75) is 28.7 Å². The van der Waals surface area contributed by atoms with Crippen LogP contribution in [0.25, 0.3) is 0 Å². The summed E-state index contributed by atoms with van der Waals surface area (Å²) >= 11 is 1.60. The molecule has 0 aromatic heterocycles. The second-order valence-electron chi connectivity index (χ2n) is 6.03. The van der Waals surface area contributed by atoms with Crippen LogP contribution in [0, 0.1) is 0 Å². The summed E-state index contributed by atoms with van der Waals surface area (Å²) < 4.78 is 5.17. The van der Waals surface area contributed by atoms with Crippen LogP contribution < -0.4 is 10.2 Å². The second kappa shape index (κ2) is 6.84. The Labute approximate surface area is 154 Å². The number of esters is 1. The van der Waals surface area contributed by atoms with E-state index in [1.54, 1.807) is 16.7 Å². The number of carbonyl (C=O) groups excluding carboxylic acids is 3. The summed E-state index contributed by atoms with van der Waals surface area (Å²) in [4.78, 5) is 39.7. The van der Waals surface area contributed by atoms with Gasteiger partial charge in [0.05, 0.1) is 11.4 Å².